The quantitative estimate of drug-likeness (QED) is 0.148. The van der Waals surface area contributed by atoms with Crippen molar-refractivity contribution in [2.75, 3.05) is 12.9 Å². The molecular weight excluding hydrogens is 804 g/mol. The van der Waals surface area contributed by atoms with Crippen LogP contribution in [0.25, 0.3) is 16.8 Å². The molecule has 0 spiro atoms. The van der Waals surface area contributed by atoms with Gasteiger partial charge in [-0.1, -0.05) is 62.7 Å². The number of nitrogens with one attached hydrogen (secondary N) is 1. The molecule has 3 aromatic carbocycles. The van der Waals surface area contributed by atoms with Gasteiger partial charge in [0.1, 0.15) is 24.3 Å². The van der Waals surface area contributed by atoms with Crippen LogP contribution < -0.4 is 11.1 Å². The van der Waals surface area contributed by atoms with Gasteiger partial charge in [-0.25, -0.2) is 41.0 Å². The standard InChI is InChI=1S/C37H36ClF6N7O5S/c1-34(2,3)18-36(22-9-10-24(26(39)16-22)20-6-5-7-23(14-20)57(4,54)55)31(52)50(32(45)48-36)28(17-56-33(53)49-35(12-13-35)37(42,43)44)21-8-11-25(38)27(15-21)51-30(29(40)41)46-19-47-51/h5-11,14-16,19,28-29H,12-13,17-18H2,1-4H3,(H2,45,48)(H,49,53)/t28-,36-/m1/s1. The van der Waals surface area contributed by atoms with Gasteiger partial charge in [0.25, 0.3) is 12.3 Å². The number of carbonyl (C=O) groups is 2. The van der Waals surface area contributed by atoms with Crippen LogP contribution in [0.3, 0.4) is 0 Å². The van der Waals surface area contributed by atoms with Crippen molar-refractivity contribution in [1.82, 2.24) is 25.0 Å². The van der Waals surface area contributed by atoms with Gasteiger partial charge in [0.15, 0.2) is 27.2 Å². The molecule has 1 aromatic heterocycles. The summed E-state index contributed by atoms with van der Waals surface area (Å²) >= 11 is 6.41. The number of aromatic nitrogens is 3. The van der Waals surface area contributed by atoms with E-state index in [1.807, 2.05) is 5.32 Å². The Morgan fingerprint density at radius 1 is 1.07 bits per heavy atom. The predicted molar refractivity (Wildman–Crippen MR) is 196 cm³/mol. The molecule has 1 fully saturated rings. The number of nitrogens with two attached hydrogens (primary N) is 1. The molecule has 4 aromatic rings. The fourth-order valence-electron chi connectivity index (χ4n) is 6.77. The molecule has 1 aliphatic carbocycles. The van der Waals surface area contributed by atoms with Gasteiger partial charge >= 0.3 is 12.3 Å². The normalized spacial score (nSPS) is 18.8. The van der Waals surface area contributed by atoms with E-state index < -0.39 is 81.2 Å². The summed E-state index contributed by atoms with van der Waals surface area (Å²) in [6.45, 7) is 4.56. The lowest BCUT2D eigenvalue weighted by atomic mass is 9.75. The van der Waals surface area contributed by atoms with Crippen LogP contribution in [0, 0.1) is 11.2 Å². The molecule has 304 valence electrons. The first kappa shape index (κ1) is 41.5. The average molecular weight is 840 g/mol. The topological polar surface area (TPSA) is 162 Å². The number of alkyl halides is 5. The highest BCUT2D eigenvalue weighted by Gasteiger charge is 2.64. The zero-order chi connectivity index (χ0) is 41.9. The van der Waals surface area contributed by atoms with Crippen molar-refractivity contribution in [3.63, 3.8) is 0 Å². The van der Waals surface area contributed by atoms with E-state index in [9.17, 15) is 40.0 Å². The molecule has 0 unspecified atom stereocenters. The maximum atomic E-state index is 16.1. The van der Waals surface area contributed by atoms with Crippen LogP contribution in [0.2, 0.25) is 5.02 Å². The molecule has 2 heterocycles. The number of hydrogen-bond donors (Lipinski definition) is 2. The lowest BCUT2D eigenvalue weighted by molar-refractivity contribution is -0.164. The van der Waals surface area contributed by atoms with E-state index in [-0.39, 0.29) is 57.1 Å². The molecule has 0 radical (unpaired) electrons. The molecule has 1 saturated carbocycles. The van der Waals surface area contributed by atoms with Crippen molar-refractivity contribution < 1.29 is 49.1 Å². The monoisotopic (exact) mass is 839 g/mol. The van der Waals surface area contributed by atoms with Crippen molar-refractivity contribution in [2.45, 2.75) is 74.7 Å². The lowest BCUT2D eigenvalue weighted by Crippen LogP contribution is -2.50. The average Bonchev–Trinajstić information content (AvgIpc) is 3.66. The van der Waals surface area contributed by atoms with Crippen molar-refractivity contribution in [1.29, 1.82) is 0 Å². The van der Waals surface area contributed by atoms with Crippen molar-refractivity contribution >= 4 is 39.4 Å². The minimum atomic E-state index is -4.77. The van der Waals surface area contributed by atoms with Crippen LogP contribution in [0.5, 0.6) is 0 Å². The molecule has 12 nitrogen and oxygen atoms in total. The van der Waals surface area contributed by atoms with Gasteiger partial charge in [-0.15, -0.1) is 0 Å². The molecule has 3 N–H and O–H groups in total. The molecule has 2 aliphatic rings. The Bertz CT molecular complexity index is 2380. The number of halogens is 7. The summed E-state index contributed by atoms with van der Waals surface area (Å²) in [5.74, 6) is -2.89. The zero-order valence-electron chi connectivity index (χ0n) is 30.7. The van der Waals surface area contributed by atoms with Gasteiger partial charge in [-0.2, -0.15) is 18.3 Å². The molecular formula is C37H36ClF6N7O5S. The molecule has 0 saturated heterocycles. The summed E-state index contributed by atoms with van der Waals surface area (Å²) in [7, 11) is -3.63. The summed E-state index contributed by atoms with van der Waals surface area (Å²) in [6, 6.07) is 11.9. The van der Waals surface area contributed by atoms with E-state index in [0.717, 1.165) is 28.2 Å². The number of rotatable bonds is 11. The van der Waals surface area contributed by atoms with Crippen LogP contribution in [0.15, 0.2) is 76.9 Å². The number of carbonyl (C=O) groups excluding carboxylic acids is 2. The van der Waals surface area contributed by atoms with Gasteiger partial charge in [-0.3, -0.25) is 9.69 Å². The van der Waals surface area contributed by atoms with Crippen LogP contribution >= 0.6 is 11.6 Å². The van der Waals surface area contributed by atoms with E-state index in [1.165, 1.54) is 54.6 Å². The maximum Gasteiger partial charge on any atom is 0.411 e. The minimum absolute atomic E-state index is 0.0176. The summed E-state index contributed by atoms with van der Waals surface area (Å²) < 4.78 is 115. The first-order valence-electron chi connectivity index (χ1n) is 17.3. The highest BCUT2D eigenvalue weighted by Crippen LogP contribution is 2.49. The Labute approximate surface area is 328 Å². The van der Waals surface area contributed by atoms with E-state index in [1.54, 1.807) is 20.8 Å². The summed E-state index contributed by atoms with van der Waals surface area (Å²) in [6.07, 6.45) is -8.26. The van der Waals surface area contributed by atoms with Crippen LogP contribution in [0.1, 0.15) is 69.5 Å². The first-order chi connectivity index (χ1) is 26.5. The third kappa shape index (κ3) is 8.17. The molecule has 20 heteroatoms. The third-order valence-electron chi connectivity index (χ3n) is 9.60. The summed E-state index contributed by atoms with van der Waals surface area (Å²) in [5.41, 5.74) is 1.63. The Morgan fingerprint density at radius 3 is 2.37 bits per heavy atom. The second-order valence-corrected chi connectivity index (χ2v) is 17.5. The fraction of sp³-hybridized carbons (Fsp3) is 0.378. The van der Waals surface area contributed by atoms with Gasteiger partial charge in [-0.05, 0) is 71.7 Å². The van der Waals surface area contributed by atoms with Crippen molar-refractivity contribution in [3.05, 3.63) is 94.8 Å². The number of hydrogen-bond acceptors (Lipinski definition) is 9. The number of guanidine groups is 1. The summed E-state index contributed by atoms with van der Waals surface area (Å²) in [5, 5.41) is 5.60. The lowest BCUT2D eigenvalue weighted by Gasteiger charge is -2.35. The number of nitrogens with zero attached hydrogens (tertiary/aromatic N) is 5. The SMILES string of the molecule is CC(C)(C)C[C@]1(c2ccc(-c3cccc(S(C)(=O)=O)c3)c(F)c2)N=C(N)N([C@H](COC(=O)NC2(C(F)(F)F)CC2)c2ccc(Cl)c(-n3ncnc3C(F)F)c2)C1=O. The Morgan fingerprint density at radius 2 is 1.77 bits per heavy atom. The molecule has 2 atom stereocenters. The second-order valence-electron chi connectivity index (χ2n) is 15.1. The largest absolute Gasteiger partial charge is 0.447 e. The van der Waals surface area contributed by atoms with E-state index in [4.69, 9.17) is 22.1 Å². The van der Waals surface area contributed by atoms with Crippen LogP contribution in [0.4, 0.5) is 31.1 Å². The van der Waals surface area contributed by atoms with Gasteiger partial charge in [0.05, 0.1) is 21.6 Å². The van der Waals surface area contributed by atoms with E-state index >= 15 is 4.39 Å². The smallest absolute Gasteiger partial charge is 0.411 e. The zero-order valence-corrected chi connectivity index (χ0v) is 32.3. The molecule has 1 aliphatic heterocycles. The Balaban J connectivity index is 1.43. The highest BCUT2D eigenvalue weighted by molar-refractivity contribution is 7.90. The van der Waals surface area contributed by atoms with E-state index in [2.05, 4.69) is 15.1 Å². The molecule has 57 heavy (non-hydrogen) atoms. The number of amides is 2. The molecule has 6 rings (SSSR count). The fourth-order valence-corrected chi connectivity index (χ4v) is 7.63. The first-order valence-corrected chi connectivity index (χ1v) is 19.5. The second kappa shape index (κ2) is 14.6. The van der Waals surface area contributed by atoms with Gasteiger partial charge in [0, 0.05) is 11.8 Å². The molecule has 2 amide bonds. The molecule has 0 bridgehead atoms. The van der Waals surface area contributed by atoms with Crippen LogP contribution in [-0.2, 0) is 24.9 Å². The number of alkyl carbamates (subject to hydrolysis) is 1. The van der Waals surface area contributed by atoms with Gasteiger partial charge in [0.2, 0.25) is 0 Å². The summed E-state index contributed by atoms with van der Waals surface area (Å²) in [4.78, 5) is 36.9. The highest BCUT2D eigenvalue weighted by atomic mass is 35.5. The van der Waals surface area contributed by atoms with Crippen molar-refractivity contribution in [2.24, 2.45) is 16.1 Å². The Hall–Kier alpha value is -5.17. The predicted octanol–water partition coefficient (Wildman–Crippen LogP) is 7.42. The van der Waals surface area contributed by atoms with Gasteiger partial charge < -0.3 is 15.8 Å². The maximum absolute atomic E-state index is 16.1. The van der Waals surface area contributed by atoms with Crippen molar-refractivity contribution in [3.8, 4) is 16.8 Å². The number of benzene rings is 3. The van der Waals surface area contributed by atoms with Crippen LogP contribution in [-0.4, -0.2) is 70.6 Å². The third-order valence-corrected chi connectivity index (χ3v) is 11.0. The minimum Gasteiger partial charge on any atom is -0.447 e. The number of ether oxygens (including phenoxy) is 1. The van der Waals surface area contributed by atoms with E-state index in [0.29, 0.717) is 0 Å². The number of aliphatic imine (C=N–C) groups is 1. The number of sulfone groups is 1. The Kier molecular flexibility index (Phi) is 10.7.